The highest BCUT2D eigenvalue weighted by Crippen LogP contribution is 2.29. The highest BCUT2D eigenvalue weighted by atomic mass is 19.1. The molecule has 1 aromatic heterocycles. The maximum atomic E-state index is 13.6. The van der Waals surface area contributed by atoms with Crippen molar-refractivity contribution in [2.75, 3.05) is 0 Å². The first-order chi connectivity index (χ1) is 12.1. The number of halogens is 2. The molecular weight excluding hydrogens is 322 g/mol. The average Bonchev–Trinajstić information content (AvgIpc) is 2.92. The number of H-pyrrole nitrogens is 1. The van der Waals surface area contributed by atoms with Gasteiger partial charge in [-0.1, -0.05) is 12.1 Å². The number of carbonyl (C=O) groups excluding carboxylic acids is 1. The van der Waals surface area contributed by atoms with E-state index in [2.05, 4.69) is 10.3 Å². The van der Waals surface area contributed by atoms with Crippen LogP contribution in [0.1, 0.15) is 23.2 Å². The number of nitrogens with one attached hydrogen (secondary N) is 2. The number of carbonyl (C=O) groups is 1. The summed E-state index contributed by atoms with van der Waals surface area (Å²) in [6.07, 6.45) is 2.48. The molecule has 1 heterocycles. The Bertz CT molecular complexity index is 948. The fourth-order valence-electron chi connectivity index (χ4n) is 3.62. The maximum absolute atomic E-state index is 13.6. The van der Waals surface area contributed by atoms with Crippen LogP contribution in [0, 0.1) is 11.6 Å². The molecule has 1 amide bonds. The van der Waals surface area contributed by atoms with Gasteiger partial charge in [0.1, 0.15) is 11.6 Å². The zero-order valence-corrected chi connectivity index (χ0v) is 13.6. The fraction of sp³-hybridized carbons (Fsp3) is 0.250. The highest BCUT2D eigenvalue weighted by molar-refractivity contribution is 5.85. The van der Waals surface area contributed by atoms with Crippen molar-refractivity contribution in [3.05, 3.63) is 70.9 Å². The standard InChI is InChI=1S/C20H18F2N2O/c21-13-3-1-2-12(8-13)9-20(25)23-15-5-7-19-17(11-15)16-10-14(22)4-6-18(16)24-19/h1-4,6,8,10,15,24H,5,7,9,11H2,(H,23,25). The molecule has 1 unspecified atom stereocenters. The van der Waals surface area contributed by atoms with E-state index in [4.69, 9.17) is 0 Å². The molecule has 0 bridgehead atoms. The average molecular weight is 340 g/mol. The second kappa shape index (κ2) is 6.31. The Morgan fingerprint density at radius 3 is 2.84 bits per heavy atom. The molecule has 1 aliphatic rings. The van der Waals surface area contributed by atoms with E-state index in [1.165, 1.54) is 18.2 Å². The van der Waals surface area contributed by atoms with Gasteiger partial charge in [-0.15, -0.1) is 0 Å². The first-order valence-corrected chi connectivity index (χ1v) is 8.41. The minimum atomic E-state index is -0.339. The summed E-state index contributed by atoms with van der Waals surface area (Å²) >= 11 is 0. The third kappa shape index (κ3) is 3.27. The van der Waals surface area contributed by atoms with Crippen molar-refractivity contribution in [3.63, 3.8) is 0 Å². The predicted octanol–water partition coefficient (Wildman–Crippen LogP) is 3.66. The fourth-order valence-corrected chi connectivity index (χ4v) is 3.62. The molecule has 2 N–H and O–H groups in total. The summed E-state index contributed by atoms with van der Waals surface area (Å²) in [6.45, 7) is 0. The normalized spacial score (nSPS) is 16.6. The molecule has 2 aromatic carbocycles. The highest BCUT2D eigenvalue weighted by Gasteiger charge is 2.24. The van der Waals surface area contributed by atoms with Crippen LogP contribution in [0.5, 0.6) is 0 Å². The number of rotatable bonds is 3. The van der Waals surface area contributed by atoms with E-state index in [1.807, 2.05) is 0 Å². The maximum Gasteiger partial charge on any atom is 0.224 e. The van der Waals surface area contributed by atoms with Gasteiger partial charge in [-0.2, -0.15) is 0 Å². The smallest absolute Gasteiger partial charge is 0.224 e. The molecular formula is C20H18F2N2O. The Hall–Kier alpha value is -2.69. The van der Waals surface area contributed by atoms with E-state index in [-0.39, 0.29) is 30.0 Å². The molecule has 0 spiro atoms. The first kappa shape index (κ1) is 15.8. The van der Waals surface area contributed by atoms with Crippen LogP contribution in [0.2, 0.25) is 0 Å². The molecule has 0 aliphatic heterocycles. The molecule has 1 aliphatic carbocycles. The lowest BCUT2D eigenvalue weighted by Crippen LogP contribution is -2.39. The lowest BCUT2D eigenvalue weighted by Gasteiger charge is -2.23. The predicted molar refractivity (Wildman–Crippen MR) is 92.3 cm³/mol. The quantitative estimate of drug-likeness (QED) is 0.751. The van der Waals surface area contributed by atoms with Gasteiger partial charge >= 0.3 is 0 Å². The summed E-state index contributed by atoms with van der Waals surface area (Å²) in [6, 6.07) is 10.8. The second-order valence-electron chi connectivity index (χ2n) is 6.59. The minimum absolute atomic E-state index is 0.0100. The Balaban J connectivity index is 1.48. The van der Waals surface area contributed by atoms with Crippen LogP contribution >= 0.6 is 0 Å². The summed E-state index contributed by atoms with van der Waals surface area (Å²) in [5.41, 5.74) is 3.79. The van der Waals surface area contributed by atoms with Crippen molar-refractivity contribution >= 4 is 16.8 Å². The molecule has 0 saturated heterocycles. The van der Waals surface area contributed by atoms with Gasteiger partial charge < -0.3 is 10.3 Å². The Kier molecular flexibility index (Phi) is 3.99. The van der Waals surface area contributed by atoms with Gasteiger partial charge in [0.05, 0.1) is 6.42 Å². The molecule has 0 fully saturated rings. The van der Waals surface area contributed by atoms with Gasteiger partial charge in [-0.25, -0.2) is 8.78 Å². The number of benzene rings is 2. The van der Waals surface area contributed by atoms with E-state index in [0.29, 0.717) is 12.0 Å². The van der Waals surface area contributed by atoms with E-state index >= 15 is 0 Å². The third-order valence-electron chi connectivity index (χ3n) is 4.77. The van der Waals surface area contributed by atoms with Crippen molar-refractivity contribution in [3.8, 4) is 0 Å². The van der Waals surface area contributed by atoms with Crippen molar-refractivity contribution in [1.82, 2.24) is 10.3 Å². The zero-order chi connectivity index (χ0) is 17.4. The lowest BCUT2D eigenvalue weighted by molar-refractivity contribution is -0.121. The van der Waals surface area contributed by atoms with E-state index in [1.54, 1.807) is 24.3 Å². The zero-order valence-electron chi connectivity index (χ0n) is 13.6. The number of hydrogen-bond donors (Lipinski definition) is 2. The third-order valence-corrected chi connectivity index (χ3v) is 4.77. The number of fused-ring (bicyclic) bond motifs is 3. The molecule has 3 nitrogen and oxygen atoms in total. The number of hydrogen-bond acceptors (Lipinski definition) is 1. The topological polar surface area (TPSA) is 44.9 Å². The molecule has 128 valence electrons. The molecule has 5 heteroatoms. The molecule has 0 radical (unpaired) electrons. The van der Waals surface area contributed by atoms with Gasteiger partial charge in [0, 0.05) is 22.6 Å². The van der Waals surface area contributed by atoms with Crippen LogP contribution < -0.4 is 5.32 Å². The van der Waals surface area contributed by atoms with Crippen molar-refractivity contribution in [2.24, 2.45) is 0 Å². The molecule has 4 rings (SSSR count). The summed E-state index contributed by atoms with van der Waals surface area (Å²) < 4.78 is 26.8. The summed E-state index contributed by atoms with van der Waals surface area (Å²) in [5, 5.41) is 3.92. The van der Waals surface area contributed by atoms with E-state index in [9.17, 15) is 13.6 Å². The Labute approximate surface area is 144 Å². The second-order valence-corrected chi connectivity index (χ2v) is 6.59. The van der Waals surface area contributed by atoms with E-state index in [0.717, 1.165) is 35.0 Å². The van der Waals surface area contributed by atoms with Crippen LogP contribution in [-0.4, -0.2) is 16.9 Å². The van der Waals surface area contributed by atoms with Gasteiger partial charge in [0.15, 0.2) is 0 Å². The molecule has 25 heavy (non-hydrogen) atoms. The first-order valence-electron chi connectivity index (χ1n) is 8.41. The summed E-state index contributed by atoms with van der Waals surface area (Å²) in [5.74, 6) is -0.718. The number of aromatic nitrogens is 1. The SMILES string of the molecule is O=C(Cc1cccc(F)c1)NC1CCc2[nH]c3ccc(F)cc3c2C1. The van der Waals surface area contributed by atoms with E-state index < -0.39 is 0 Å². The largest absolute Gasteiger partial charge is 0.358 e. The Morgan fingerprint density at radius 2 is 2.00 bits per heavy atom. The van der Waals surface area contributed by atoms with Crippen LogP contribution in [0.15, 0.2) is 42.5 Å². The van der Waals surface area contributed by atoms with Crippen molar-refractivity contribution in [1.29, 1.82) is 0 Å². The van der Waals surface area contributed by atoms with Crippen LogP contribution in [-0.2, 0) is 24.1 Å². The summed E-state index contributed by atoms with van der Waals surface area (Å²) in [4.78, 5) is 15.6. The number of amides is 1. The minimum Gasteiger partial charge on any atom is -0.358 e. The van der Waals surface area contributed by atoms with Gasteiger partial charge in [0.25, 0.3) is 0 Å². The van der Waals surface area contributed by atoms with Crippen molar-refractivity contribution < 1.29 is 13.6 Å². The van der Waals surface area contributed by atoms with Crippen LogP contribution in [0.25, 0.3) is 10.9 Å². The lowest BCUT2D eigenvalue weighted by atomic mass is 9.91. The van der Waals surface area contributed by atoms with Crippen molar-refractivity contribution in [2.45, 2.75) is 31.7 Å². The van der Waals surface area contributed by atoms with Gasteiger partial charge in [-0.3, -0.25) is 4.79 Å². The molecule has 1 atom stereocenters. The summed E-state index contributed by atoms with van der Waals surface area (Å²) in [7, 11) is 0. The van der Waals surface area contributed by atoms with Gasteiger partial charge in [-0.05, 0) is 60.7 Å². The number of aromatic amines is 1. The van der Waals surface area contributed by atoms with Crippen LogP contribution in [0.4, 0.5) is 8.78 Å². The monoisotopic (exact) mass is 340 g/mol. The van der Waals surface area contributed by atoms with Crippen LogP contribution in [0.3, 0.4) is 0 Å². The molecule has 3 aromatic rings. The van der Waals surface area contributed by atoms with Gasteiger partial charge in [0.2, 0.25) is 5.91 Å². The number of aryl methyl sites for hydroxylation is 1. The Morgan fingerprint density at radius 1 is 1.16 bits per heavy atom. The molecule has 0 saturated carbocycles.